The summed E-state index contributed by atoms with van der Waals surface area (Å²) in [4.78, 5) is 41.5. The lowest BCUT2D eigenvalue weighted by atomic mass is 9.82. The van der Waals surface area contributed by atoms with Gasteiger partial charge in [-0.3, -0.25) is 14.6 Å². The number of carbonyl (C=O) groups is 3. The van der Waals surface area contributed by atoms with Crippen LogP contribution in [-0.4, -0.2) is 56.6 Å². The van der Waals surface area contributed by atoms with Crippen LogP contribution in [0.3, 0.4) is 0 Å². The van der Waals surface area contributed by atoms with E-state index in [0.717, 1.165) is 0 Å². The molecule has 0 saturated carbocycles. The number of aliphatic hydroxyl groups is 1. The van der Waals surface area contributed by atoms with Crippen LogP contribution >= 0.6 is 0 Å². The lowest BCUT2D eigenvalue weighted by Gasteiger charge is -2.44. The molecule has 9 nitrogen and oxygen atoms in total. The van der Waals surface area contributed by atoms with E-state index in [1.165, 1.54) is 18.0 Å². The minimum absolute atomic E-state index is 0.0710. The molecule has 2 aromatic rings. The van der Waals surface area contributed by atoms with E-state index < -0.39 is 18.0 Å². The zero-order valence-electron chi connectivity index (χ0n) is 16.7. The number of nitrogens with one attached hydrogen (secondary N) is 1. The van der Waals surface area contributed by atoms with Gasteiger partial charge in [0.15, 0.2) is 6.61 Å². The molecule has 0 radical (unpaired) electrons. The molecule has 1 aromatic heterocycles. The number of aliphatic hydroxyl groups excluding tert-OH is 1. The van der Waals surface area contributed by atoms with Crippen LogP contribution in [-0.2, 0) is 14.4 Å². The number of hydrogen-bond donors (Lipinski definition) is 3. The summed E-state index contributed by atoms with van der Waals surface area (Å²) in [5, 5.41) is 22.2. The number of fused-ring (bicyclic) bond motifs is 1. The van der Waals surface area contributed by atoms with Crippen LogP contribution in [0.15, 0.2) is 54.5 Å². The van der Waals surface area contributed by atoms with Gasteiger partial charge in [0.1, 0.15) is 11.4 Å². The number of anilines is 1. The third-order valence-corrected chi connectivity index (χ3v) is 5.43. The Morgan fingerprint density at radius 1 is 1.32 bits per heavy atom. The molecule has 1 aromatic carbocycles. The molecule has 0 aliphatic carbocycles. The number of hydrogen-bond acceptors (Lipinski definition) is 6. The van der Waals surface area contributed by atoms with E-state index in [0.29, 0.717) is 29.0 Å². The lowest BCUT2D eigenvalue weighted by Crippen LogP contribution is -2.61. The van der Waals surface area contributed by atoms with Crippen molar-refractivity contribution in [3.63, 3.8) is 0 Å². The van der Waals surface area contributed by atoms with E-state index in [2.05, 4.69) is 10.3 Å². The molecule has 160 valence electrons. The highest BCUT2D eigenvalue weighted by Gasteiger charge is 2.56. The fraction of sp³-hybridized carbons (Fsp3) is 0.273. The van der Waals surface area contributed by atoms with Crippen molar-refractivity contribution < 1.29 is 29.3 Å². The number of carboxylic acid groups (broad SMARTS) is 1. The fourth-order valence-electron chi connectivity index (χ4n) is 4.08. The molecule has 0 spiro atoms. The Morgan fingerprint density at radius 3 is 2.81 bits per heavy atom. The van der Waals surface area contributed by atoms with Gasteiger partial charge in [0, 0.05) is 6.20 Å². The van der Waals surface area contributed by atoms with Crippen molar-refractivity contribution >= 4 is 29.0 Å². The summed E-state index contributed by atoms with van der Waals surface area (Å²) < 4.78 is 5.56. The van der Waals surface area contributed by atoms with Crippen molar-refractivity contribution in [2.45, 2.75) is 25.5 Å². The second kappa shape index (κ2) is 8.19. The summed E-state index contributed by atoms with van der Waals surface area (Å²) in [6, 6.07) is 9.76. The molecule has 3 N–H and O–H groups in total. The van der Waals surface area contributed by atoms with Crippen LogP contribution in [0.4, 0.5) is 5.69 Å². The Balaban J connectivity index is 1.50. The molecule has 2 amide bonds. The molecule has 2 aliphatic rings. The van der Waals surface area contributed by atoms with Crippen LogP contribution in [0.2, 0.25) is 0 Å². The molecule has 3 atom stereocenters. The predicted octanol–water partition coefficient (Wildman–Crippen LogP) is 1.51. The molecule has 1 fully saturated rings. The number of aliphatic carboxylic acids is 1. The monoisotopic (exact) mass is 423 g/mol. The predicted molar refractivity (Wildman–Crippen MR) is 110 cm³/mol. The topological polar surface area (TPSA) is 129 Å². The molecule has 2 aliphatic heterocycles. The first kappa shape index (κ1) is 20.5. The number of β-lactam (4-membered cyclic amide) rings is 1. The first-order valence-electron chi connectivity index (χ1n) is 9.77. The average molecular weight is 423 g/mol. The van der Waals surface area contributed by atoms with Gasteiger partial charge in [0.2, 0.25) is 5.91 Å². The molecule has 0 unspecified atom stereocenters. The molecule has 31 heavy (non-hydrogen) atoms. The Bertz CT molecular complexity index is 1070. The van der Waals surface area contributed by atoms with Crippen LogP contribution in [0.5, 0.6) is 5.75 Å². The molecule has 1 saturated heterocycles. The summed E-state index contributed by atoms with van der Waals surface area (Å²) in [6.45, 7) is 1.30. The van der Waals surface area contributed by atoms with Gasteiger partial charge in [-0.1, -0.05) is 12.1 Å². The van der Waals surface area contributed by atoms with Gasteiger partial charge in [-0.2, -0.15) is 0 Å². The average Bonchev–Trinajstić information content (AvgIpc) is 3.08. The summed E-state index contributed by atoms with van der Waals surface area (Å²) in [5.74, 6) is -2.16. The van der Waals surface area contributed by atoms with Crippen molar-refractivity contribution in [1.82, 2.24) is 9.88 Å². The quantitative estimate of drug-likeness (QED) is 0.576. The zero-order valence-corrected chi connectivity index (χ0v) is 16.7. The second-order valence-corrected chi connectivity index (χ2v) is 7.48. The third-order valence-electron chi connectivity index (χ3n) is 5.43. The number of amides is 2. The van der Waals surface area contributed by atoms with Gasteiger partial charge < -0.3 is 25.2 Å². The van der Waals surface area contributed by atoms with Crippen molar-refractivity contribution in [3.05, 3.63) is 60.1 Å². The SMILES string of the molecule is C[C@@H](O)[C@H]1C(=O)N2C(C(=O)O)=C(c3cccc(OCC(=O)Nc4cccnc4)c3)C[C@H]12. The number of rotatable bonds is 7. The van der Waals surface area contributed by atoms with Gasteiger partial charge in [-0.15, -0.1) is 0 Å². The summed E-state index contributed by atoms with van der Waals surface area (Å²) >= 11 is 0. The zero-order chi connectivity index (χ0) is 22.1. The Morgan fingerprint density at radius 2 is 2.13 bits per heavy atom. The first-order valence-corrected chi connectivity index (χ1v) is 9.77. The number of nitrogens with zero attached hydrogens (tertiary/aromatic N) is 2. The largest absolute Gasteiger partial charge is 0.484 e. The van der Waals surface area contributed by atoms with Crippen molar-refractivity contribution in [1.29, 1.82) is 0 Å². The van der Waals surface area contributed by atoms with E-state index >= 15 is 0 Å². The molecule has 4 rings (SSSR count). The van der Waals surface area contributed by atoms with E-state index in [1.54, 1.807) is 42.6 Å². The van der Waals surface area contributed by atoms with Gasteiger partial charge in [-0.05, 0) is 48.7 Å². The van der Waals surface area contributed by atoms with Crippen LogP contribution < -0.4 is 10.1 Å². The number of benzene rings is 1. The number of carbonyl (C=O) groups excluding carboxylic acids is 2. The van der Waals surface area contributed by atoms with Gasteiger partial charge in [0.25, 0.3) is 5.91 Å². The maximum Gasteiger partial charge on any atom is 0.352 e. The van der Waals surface area contributed by atoms with E-state index in [4.69, 9.17) is 4.74 Å². The van der Waals surface area contributed by atoms with E-state index in [1.807, 2.05) is 0 Å². The number of aromatic nitrogens is 1. The smallest absolute Gasteiger partial charge is 0.352 e. The Labute approximate surface area is 178 Å². The molecular weight excluding hydrogens is 402 g/mol. The van der Waals surface area contributed by atoms with Crippen LogP contribution in [0.1, 0.15) is 18.9 Å². The Hall–Kier alpha value is -3.72. The molecular formula is C22H21N3O6. The highest BCUT2D eigenvalue weighted by molar-refractivity contribution is 6.06. The fourth-order valence-corrected chi connectivity index (χ4v) is 4.08. The lowest BCUT2D eigenvalue weighted by molar-refractivity contribution is -0.161. The summed E-state index contributed by atoms with van der Waals surface area (Å²) in [5.41, 5.74) is 1.57. The maximum atomic E-state index is 12.4. The highest BCUT2D eigenvalue weighted by Crippen LogP contribution is 2.47. The normalized spacial score (nSPS) is 20.7. The molecule has 3 heterocycles. The Kier molecular flexibility index (Phi) is 5.43. The molecule has 9 heteroatoms. The highest BCUT2D eigenvalue weighted by atomic mass is 16.5. The summed E-state index contributed by atoms with van der Waals surface area (Å²) in [6.07, 6.45) is 2.59. The van der Waals surface area contributed by atoms with E-state index in [9.17, 15) is 24.6 Å². The van der Waals surface area contributed by atoms with Crippen molar-refractivity contribution in [3.8, 4) is 5.75 Å². The van der Waals surface area contributed by atoms with Gasteiger partial charge in [0.05, 0.1) is 29.9 Å². The number of ether oxygens (including phenoxy) is 1. The molecule has 0 bridgehead atoms. The minimum Gasteiger partial charge on any atom is -0.484 e. The third kappa shape index (κ3) is 3.87. The minimum atomic E-state index is -1.20. The van der Waals surface area contributed by atoms with Crippen molar-refractivity contribution in [2.75, 3.05) is 11.9 Å². The van der Waals surface area contributed by atoms with E-state index in [-0.39, 0.29) is 30.2 Å². The second-order valence-electron chi connectivity index (χ2n) is 7.48. The maximum absolute atomic E-state index is 12.4. The standard InChI is InChI=1S/C22H21N3O6/c1-12(26)19-17-9-16(20(22(29)30)25(17)21(19)28)13-4-2-6-15(8-13)31-11-18(27)24-14-5-3-7-23-10-14/h2-8,10,12,17,19,26H,9,11H2,1H3,(H,24,27)(H,29,30)/t12-,17-,19-/m1/s1. The number of pyridine rings is 1. The van der Waals surface area contributed by atoms with Crippen LogP contribution in [0.25, 0.3) is 5.57 Å². The van der Waals surface area contributed by atoms with Gasteiger partial charge in [-0.25, -0.2) is 4.79 Å². The van der Waals surface area contributed by atoms with Gasteiger partial charge >= 0.3 is 5.97 Å². The van der Waals surface area contributed by atoms with Crippen LogP contribution in [0, 0.1) is 5.92 Å². The first-order chi connectivity index (χ1) is 14.9. The van der Waals surface area contributed by atoms with Crippen molar-refractivity contribution in [2.24, 2.45) is 5.92 Å². The summed E-state index contributed by atoms with van der Waals surface area (Å²) in [7, 11) is 0. The number of carboxylic acids is 1.